The van der Waals surface area contributed by atoms with Crippen molar-refractivity contribution < 1.29 is 4.74 Å². The minimum absolute atomic E-state index is 0.319. The number of likely N-dealkylation sites (tertiary alicyclic amines) is 1. The van der Waals surface area contributed by atoms with Crippen LogP contribution >= 0.6 is 0 Å². The summed E-state index contributed by atoms with van der Waals surface area (Å²) < 4.78 is 6.19. The number of ether oxygens (including phenoxy) is 1. The van der Waals surface area contributed by atoms with Crippen LogP contribution in [-0.2, 0) is 0 Å². The van der Waals surface area contributed by atoms with Crippen molar-refractivity contribution in [2.45, 2.75) is 39.7 Å². The van der Waals surface area contributed by atoms with E-state index in [1.807, 2.05) is 20.0 Å². The van der Waals surface area contributed by atoms with Gasteiger partial charge in [0.15, 0.2) is 0 Å². The number of aryl methyl sites for hydroxylation is 3. The van der Waals surface area contributed by atoms with Gasteiger partial charge in [-0.2, -0.15) is 4.98 Å². The molecular formula is C21H31N5O. The Kier molecular flexibility index (Phi) is 6.50. The molecule has 1 aliphatic heterocycles. The summed E-state index contributed by atoms with van der Waals surface area (Å²) in [5, 5.41) is 6.40. The van der Waals surface area contributed by atoms with Crippen molar-refractivity contribution in [2.24, 2.45) is 0 Å². The first kappa shape index (κ1) is 19.4. The maximum Gasteiger partial charge on any atom is 0.224 e. The van der Waals surface area contributed by atoms with Crippen molar-refractivity contribution >= 4 is 11.8 Å². The Bertz CT molecular complexity index is 756. The number of nitrogens with zero attached hydrogens (tertiary/aromatic N) is 3. The predicted molar refractivity (Wildman–Crippen MR) is 111 cm³/mol. The van der Waals surface area contributed by atoms with Crippen molar-refractivity contribution in [3.05, 3.63) is 41.1 Å². The molecule has 6 nitrogen and oxygen atoms in total. The van der Waals surface area contributed by atoms with Gasteiger partial charge in [0.2, 0.25) is 5.95 Å². The van der Waals surface area contributed by atoms with Gasteiger partial charge < -0.3 is 20.3 Å². The van der Waals surface area contributed by atoms with Crippen LogP contribution in [0.25, 0.3) is 0 Å². The molecule has 2 N–H and O–H groups in total. The highest BCUT2D eigenvalue weighted by molar-refractivity contribution is 5.41. The Morgan fingerprint density at radius 1 is 1.07 bits per heavy atom. The fourth-order valence-electron chi connectivity index (χ4n) is 3.34. The van der Waals surface area contributed by atoms with Crippen LogP contribution in [0.5, 0.6) is 5.75 Å². The van der Waals surface area contributed by atoms with Gasteiger partial charge in [-0.25, -0.2) is 4.98 Å². The number of aromatic nitrogens is 2. The lowest BCUT2D eigenvalue weighted by Gasteiger charge is -2.32. The summed E-state index contributed by atoms with van der Waals surface area (Å²) in [6, 6.07) is 8.35. The lowest BCUT2D eigenvalue weighted by atomic mass is 10.1. The van der Waals surface area contributed by atoms with Crippen molar-refractivity contribution in [2.75, 3.05) is 43.9 Å². The molecule has 0 unspecified atom stereocenters. The summed E-state index contributed by atoms with van der Waals surface area (Å²) in [5.41, 5.74) is 3.56. The second kappa shape index (κ2) is 9.04. The molecule has 6 heteroatoms. The predicted octanol–water partition coefficient (Wildman–Crippen LogP) is 3.40. The number of piperidine rings is 1. The van der Waals surface area contributed by atoms with Crippen LogP contribution in [0.15, 0.2) is 24.3 Å². The third-order valence-corrected chi connectivity index (χ3v) is 5.13. The number of nitrogens with one attached hydrogen (secondary N) is 2. The zero-order valence-corrected chi connectivity index (χ0v) is 16.9. The number of rotatable bonds is 7. The highest BCUT2D eigenvalue weighted by Crippen LogP contribution is 2.21. The minimum atomic E-state index is 0.319. The molecule has 2 heterocycles. The lowest BCUT2D eigenvalue weighted by Crippen LogP contribution is -2.40. The number of hydrogen-bond donors (Lipinski definition) is 2. The van der Waals surface area contributed by atoms with Gasteiger partial charge in [0, 0.05) is 45.0 Å². The Labute approximate surface area is 162 Å². The molecule has 27 heavy (non-hydrogen) atoms. The molecule has 146 valence electrons. The Morgan fingerprint density at radius 3 is 2.56 bits per heavy atom. The van der Waals surface area contributed by atoms with Gasteiger partial charge >= 0.3 is 0 Å². The molecular weight excluding hydrogens is 338 g/mol. The van der Waals surface area contributed by atoms with Gasteiger partial charge in [-0.05, 0) is 56.9 Å². The minimum Gasteiger partial charge on any atom is -0.490 e. The van der Waals surface area contributed by atoms with Crippen LogP contribution in [0.3, 0.4) is 0 Å². The SMILES string of the molecule is CNc1nc(C)cc(NCCN2CCC(Oc3ccc(C)c(C)c3)CC2)n1. The maximum absolute atomic E-state index is 6.19. The summed E-state index contributed by atoms with van der Waals surface area (Å²) in [7, 11) is 1.84. The second-order valence-corrected chi connectivity index (χ2v) is 7.30. The van der Waals surface area contributed by atoms with E-state index in [1.54, 1.807) is 0 Å². The molecule has 1 saturated heterocycles. The molecule has 0 spiro atoms. The Hall–Kier alpha value is -2.34. The van der Waals surface area contributed by atoms with E-state index in [2.05, 4.69) is 57.5 Å². The van der Waals surface area contributed by atoms with Gasteiger partial charge in [0.1, 0.15) is 17.7 Å². The summed E-state index contributed by atoms with van der Waals surface area (Å²) >= 11 is 0. The van der Waals surface area contributed by atoms with E-state index < -0.39 is 0 Å². The average molecular weight is 370 g/mol. The van der Waals surface area contributed by atoms with Crippen LogP contribution in [0.2, 0.25) is 0 Å². The molecule has 0 atom stereocenters. The summed E-state index contributed by atoms with van der Waals surface area (Å²) in [5.74, 6) is 2.53. The summed E-state index contributed by atoms with van der Waals surface area (Å²) in [4.78, 5) is 11.2. The standard InChI is InChI=1S/C21H31N5O/c1-15-5-6-19(13-16(15)2)27-18-7-10-26(11-8-18)12-9-23-20-14-17(3)24-21(22-4)25-20/h5-6,13-14,18H,7-12H2,1-4H3,(H2,22,23,24,25). The Balaban J connectivity index is 1.40. The van der Waals surface area contributed by atoms with E-state index in [0.717, 1.165) is 56.3 Å². The molecule has 3 rings (SSSR count). The molecule has 0 aliphatic carbocycles. The zero-order chi connectivity index (χ0) is 19.2. The molecule has 1 aliphatic rings. The molecule has 0 bridgehead atoms. The average Bonchev–Trinajstić information content (AvgIpc) is 2.66. The van der Waals surface area contributed by atoms with E-state index in [4.69, 9.17) is 4.74 Å². The topological polar surface area (TPSA) is 62.3 Å². The molecule has 1 aromatic heterocycles. The highest BCUT2D eigenvalue weighted by Gasteiger charge is 2.20. The summed E-state index contributed by atoms with van der Waals surface area (Å²) in [6.07, 6.45) is 2.46. The van der Waals surface area contributed by atoms with Crippen LogP contribution in [0.4, 0.5) is 11.8 Å². The van der Waals surface area contributed by atoms with Crippen LogP contribution < -0.4 is 15.4 Å². The normalized spacial score (nSPS) is 15.6. The van der Waals surface area contributed by atoms with E-state index in [9.17, 15) is 0 Å². The van der Waals surface area contributed by atoms with Crippen LogP contribution in [-0.4, -0.2) is 54.2 Å². The lowest BCUT2D eigenvalue weighted by molar-refractivity contribution is 0.103. The second-order valence-electron chi connectivity index (χ2n) is 7.30. The molecule has 1 fully saturated rings. The molecule has 0 saturated carbocycles. The smallest absolute Gasteiger partial charge is 0.224 e. The number of benzene rings is 1. The first-order valence-corrected chi connectivity index (χ1v) is 9.77. The fourth-order valence-corrected chi connectivity index (χ4v) is 3.34. The first-order valence-electron chi connectivity index (χ1n) is 9.77. The van der Waals surface area contributed by atoms with E-state index in [1.165, 1.54) is 11.1 Å². The van der Waals surface area contributed by atoms with Gasteiger partial charge in [0.25, 0.3) is 0 Å². The monoisotopic (exact) mass is 369 g/mol. The van der Waals surface area contributed by atoms with Gasteiger partial charge in [-0.1, -0.05) is 6.07 Å². The van der Waals surface area contributed by atoms with E-state index in [-0.39, 0.29) is 0 Å². The van der Waals surface area contributed by atoms with Crippen molar-refractivity contribution in [1.82, 2.24) is 14.9 Å². The Morgan fingerprint density at radius 2 is 1.85 bits per heavy atom. The van der Waals surface area contributed by atoms with Crippen molar-refractivity contribution in [3.8, 4) is 5.75 Å². The van der Waals surface area contributed by atoms with Gasteiger partial charge in [-0.3, -0.25) is 0 Å². The zero-order valence-electron chi connectivity index (χ0n) is 16.9. The van der Waals surface area contributed by atoms with Gasteiger partial charge in [0.05, 0.1) is 0 Å². The largest absolute Gasteiger partial charge is 0.490 e. The van der Waals surface area contributed by atoms with Crippen molar-refractivity contribution in [3.63, 3.8) is 0 Å². The third-order valence-electron chi connectivity index (χ3n) is 5.13. The first-order chi connectivity index (χ1) is 13.0. The van der Waals surface area contributed by atoms with Gasteiger partial charge in [-0.15, -0.1) is 0 Å². The molecule has 0 amide bonds. The quantitative estimate of drug-likeness (QED) is 0.780. The molecule has 0 radical (unpaired) electrons. The fraction of sp³-hybridized carbons (Fsp3) is 0.524. The van der Waals surface area contributed by atoms with Crippen LogP contribution in [0, 0.1) is 20.8 Å². The molecule has 1 aromatic carbocycles. The van der Waals surface area contributed by atoms with E-state index >= 15 is 0 Å². The van der Waals surface area contributed by atoms with E-state index in [0.29, 0.717) is 12.1 Å². The third kappa shape index (κ3) is 5.57. The number of hydrogen-bond acceptors (Lipinski definition) is 6. The summed E-state index contributed by atoms with van der Waals surface area (Å²) in [6.45, 7) is 10.3. The molecule has 2 aromatic rings. The number of anilines is 2. The van der Waals surface area contributed by atoms with Crippen LogP contribution in [0.1, 0.15) is 29.7 Å². The van der Waals surface area contributed by atoms with Crippen molar-refractivity contribution in [1.29, 1.82) is 0 Å². The maximum atomic E-state index is 6.19. The highest BCUT2D eigenvalue weighted by atomic mass is 16.5.